The molecule has 68 valence electrons. The molecule has 0 radical (unpaired) electrons. The van der Waals surface area contributed by atoms with Gasteiger partial charge in [-0.05, 0) is 31.1 Å². The zero-order valence-corrected chi connectivity index (χ0v) is 6.98. The van der Waals surface area contributed by atoms with Crippen molar-refractivity contribution in [2.24, 2.45) is 11.8 Å². The number of aliphatic hydroxyl groups is 2. The van der Waals surface area contributed by atoms with Crippen LogP contribution < -0.4 is 5.32 Å². The first-order valence-electron chi connectivity index (χ1n) is 4.88. The van der Waals surface area contributed by atoms with Crippen LogP contribution in [0.4, 0.5) is 0 Å². The van der Waals surface area contributed by atoms with Crippen molar-refractivity contribution in [2.45, 2.75) is 43.6 Å². The highest BCUT2D eigenvalue weighted by molar-refractivity contribution is 5.07. The standard InChI is InChI=1S/C9H15NO2/c11-8-4-1-5-3-7(8)10-6(2-4)9(5)12/h4-12H,1-3H2. The maximum atomic E-state index is 9.77. The highest BCUT2D eigenvalue weighted by atomic mass is 16.3. The number of hydrogen-bond donors (Lipinski definition) is 3. The van der Waals surface area contributed by atoms with Gasteiger partial charge in [0.05, 0.1) is 12.2 Å². The molecule has 0 aromatic rings. The summed E-state index contributed by atoms with van der Waals surface area (Å²) in [5.74, 6) is 0.923. The van der Waals surface area contributed by atoms with Gasteiger partial charge in [0, 0.05) is 12.1 Å². The van der Waals surface area contributed by atoms with Gasteiger partial charge < -0.3 is 15.5 Å². The molecule has 4 rings (SSSR count). The van der Waals surface area contributed by atoms with Crippen LogP contribution in [0.5, 0.6) is 0 Å². The molecular weight excluding hydrogens is 154 g/mol. The lowest BCUT2D eigenvalue weighted by molar-refractivity contribution is -0.118. The molecule has 4 fully saturated rings. The molecule has 2 aliphatic carbocycles. The zero-order valence-electron chi connectivity index (χ0n) is 6.98. The molecule has 0 amide bonds. The van der Waals surface area contributed by atoms with Crippen LogP contribution in [0, 0.1) is 11.8 Å². The molecule has 3 N–H and O–H groups in total. The Hall–Kier alpha value is -0.120. The average molecular weight is 169 g/mol. The molecule has 0 aromatic heterocycles. The number of aliphatic hydroxyl groups excluding tert-OH is 2. The van der Waals surface area contributed by atoms with Crippen molar-refractivity contribution in [1.82, 2.24) is 5.32 Å². The summed E-state index contributed by atoms with van der Waals surface area (Å²) >= 11 is 0. The second-order valence-corrected chi connectivity index (χ2v) is 4.59. The largest absolute Gasteiger partial charge is 0.391 e. The summed E-state index contributed by atoms with van der Waals surface area (Å²) in [6.07, 6.45) is 2.68. The van der Waals surface area contributed by atoms with E-state index in [4.69, 9.17) is 0 Å². The smallest absolute Gasteiger partial charge is 0.0722 e. The lowest BCUT2D eigenvalue weighted by atomic mass is 9.62. The summed E-state index contributed by atoms with van der Waals surface area (Å²) in [4.78, 5) is 0. The summed E-state index contributed by atoms with van der Waals surface area (Å²) < 4.78 is 0. The first-order chi connectivity index (χ1) is 5.75. The number of piperidine rings is 2. The molecule has 3 heteroatoms. The molecule has 4 aliphatic rings. The normalized spacial score (nSPS) is 62.5. The van der Waals surface area contributed by atoms with E-state index in [1.807, 2.05) is 0 Å². The number of rotatable bonds is 0. The van der Waals surface area contributed by atoms with Crippen LogP contribution in [-0.2, 0) is 0 Å². The molecular formula is C9H15NO2. The Labute approximate surface area is 71.8 Å². The van der Waals surface area contributed by atoms with E-state index in [9.17, 15) is 10.2 Å². The quantitative estimate of drug-likeness (QED) is 0.457. The Morgan fingerprint density at radius 3 is 1.75 bits per heavy atom. The molecule has 0 spiro atoms. The van der Waals surface area contributed by atoms with Gasteiger partial charge >= 0.3 is 0 Å². The second-order valence-electron chi connectivity index (χ2n) is 4.59. The molecule has 3 nitrogen and oxygen atoms in total. The van der Waals surface area contributed by atoms with E-state index in [1.165, 1.54) is 0 Å². The Morgan fingerprint density at radius 2 is 1.33 bits per heavy atom. The zero-order chi connectivity index (χ0) is 8.29. The van der Waals surface area contributed by atoms with E-state index < -0.39 is 0 Å². The van der Waals surface area contributed by atoms with Crippen molar-refractivity contribution in [1.29, 1.82) is 0 Å². The molecule has 2 saturated heterocycles. The Balaban J connectivity index is 1.91. The maximum Gasteiger partial charge on any atom is 0.0722 e. The first-order valence-corrected chi connectivity index (χ1v) is 4.88. The lowest BCUT2D eigenvalue weighted by Gasteiger charge is -2.55. The third-order valence-electron chi connectivity index (χ3n) is 3.94. The van der Waals surface area contributed by atoms with Crippen molar-refractivity contribution in [2.75, 3.05) is 0 Å². The molecule has 2 heterocycles. The Kier molecular flexibility index (Phi) is 1.35. The van der Waals surface area contributed by atoms with Gasteiger partial charge in [-0.15, -0.1) is 0 Å². The van der Waals surface area contributed by atoms with E-state index >= 15 is 0 Å². The molecule has 12 heavy (non-hydrogen) atoms. The summed E-state index contributed by atoms with van der Waals surface area (Å²) in [5, 5.41) is 22.9. The summed E-state index contributed by atoms with van der Waals surface area (Å²) in [6.45, 7) is 0. The highest BCUT2D eigenvalue weighted by Crippen LogP contribution is 2.44. The van der Waals surface area contributed by atoms with Gasteiger partial charge in [-0.2, -0.15) is 0 Å². The third kappa shape index (κ3) is 0.767. The summed E-state index contributed by atoms with van der Waals surface area (Å²) in [6, 6.07) is 0.548. The molecule has 2 saturated carbocycles. The van der Waals surface area contributed by atoms with E-state index in [0.29, 0.717) is 11.8 Å². The van der Waals surface area contributed by atoms with Crippen molar-refractivity contribution in [3.63, 3.8) is 0 Å². The van der Waals surface area contributed by atoms with E-state index in [0.717, 1.165) is 19.3 Å². The number of hydrogen-bond acceptors (Lipinski definition) is 3. The minimum atomic E-state index is -0.148. The van der Waals surface area contributed by atoms with Gasteiger partial charge in [0.25, 0.3) is 0 Å². The van der Waals surface area contributed by atoms with Gasteiger partial charge in [0.2, 0.25) is 0 Å². The Bertz CT molecular complexity index is 159. The van der Waals surface area contributed by atoms with Gasteiger partial charge in [-0.3, -0.25) is 0 Å². The van der Waals surface area contributed by atoms with Crippen LogP contribution in [0.15, 0.2) is 0 Å². The van der Waals surface area contributed by atoms with Crippen LogP contribution in [0.2, 0.25) is 0 Å². The lowest BCUT2D eigenvalue weighted by Crippen LogP contribution is -2.68. The Morgan fingerprint density at radius 1 is 0.833 bits per heavy atom. The van der Waals surface area contributed by atoms with Crippen LogP contribution in [-0.4, -0.2) is 34.5 Å². The van der Waals surface area contributed by atoms with Crippen molar-refractivity contribution in [3.05, 3.63) is 0 Å². The van der Waals surface area contributed by atoms with Gasteiger partial charge in [-0.1, -0.05) is 0 Å². The van der Waals surface area contributed by atoms with Crippen molar-refractivity contribution >= 4 is 0 Å². The predicted octanol–water partition coefficient (Wildman–Crippen LogP) is -0.522. The van der Waals surface area contributed by atoms with Gasteiger partial charge in [0.1, 0.15) is 0 Å². The summed E-state index contributed by atoms with van der Waals surface area (Å²) in [7, 11) is 0. The third-order valence-corrected chi connectivity index (χ3v) is 3.94. The molecule has 6 unspecified atom stereocenters. The highest BCUT2D eigenvalue weighted by Gasteiger charge is 2.51. The fraction of sp³-hybridized carbons (Fsp3) is 1.00. The van der Waals surface area contributed by atoms with E-state index in [2.05, 4.69) is 5.32 Å². The van der Waals surface area contributed by atoms with Crippen molar-refractivity contribution in [3.8, 4) is 0 Å². The van der Waals surface area contributed by atoms with Crippen LogP contribution in [0.1, 0.15) is 19.3 Å². The molecule has 0 aromatic carbocycles. The average Bonchev–Trinajstić information content (AvgIpc) is 2.02. The van der Waals surface area contributed by atoms with Gasteiger partial charge in [0.15, 0.2) is 0 Å². The van der Waals surface area contributed by atoms with E-state index in [-0.39, 0.29) is 24.3 Å². The van der Waals surface area contributed by atoms with Gasteiger partial charge in [-0.25, -0.2) is 0 Å². The van der Waals surface area contributed by atoms with E-state index in [1.54, 1.807) is 0 Å². The topological polar surface area (TPSA) is 52.5 Å². The van der Waals surface area contributed by atoms with Crippen molar-refractivity contribution < 1.29 is 10.2 Å². The first kappa shape index (κ1) is 7.30. The SMILES string of the molecule is OC1C2CC3CC1NC(C2)C3O. The molecule has 2 aliphatic heterocycles. The predicted molar refractivity (Wildman–Crippen MR) is 43.6 cm³/mol. The van der Waals surface area contributed by atoms with Crippen LogP contribution in [0.25, 0.3) is 0 Å². The maximum absolute atomic E-state index is 9.77. The minimum absolute atomic E-state index is 0.148. The fourth-order valence-corrected chi connectivity index (χ4v) is 3.34. The minimum Gasteiger partial charge on any atom is -0.391 e. The second kappa shape index (κ2) is 2.22. The summed E-state index contributed by atoms with van der Waals surface area (Å²) in [5.41, 5.74) is 0. The van der Waals surface area contributed by atoms with Crippen LogP contribution in [0.3, 0.4) is 0 Å². The fourth-order valence-electron chi connectivity index (χ4n) is 3.34. The van der Waals surface area contributed by atoms with Crippen LogP contribution >= 0.6 is 0 Å². The number of nitrogens with one attached hydrogen (secondary N) is 1. The monoisotopic (exact) mass is 169 g/mol. The molecule has 6 atom stereocenters. The molecule has 4 bridgehead atoms.